The van der Waals surface area contributed by atoms with Gasteiger partial charge in [-0.15, -0.1) is 0 Å². The molecular formula is C26H29N3O10. The number of carbonyl (C=O) groups excluding carboxylic acids is 4. The minimum absolute atomic E-state index is 0.0331. The summed E-state index contributed by atoms with van der Waals surface area (Å²) in [5, 5.41) is 55.7. The van der Waals surface area contributed by atoms with Gasteiger partial charge in [0.05, 0.1) is 17.3 Å². The Morgan fingerprint density at radius 2 is 1.79 bits per heavy atom. The van der Waals surface area contributed by atoms with Crippen LogP contribution < -0.4 is 11.1 Å². The van der Waals surface area contributed by atoms with E-state index in [0.29, 0.717) is 5.56 Å². The van der Waals surface area contributed by atoms with E-state index in [1.54, 1.807) is 14.1 Å². The van der Waals surface area contributed by atoms with Crippen LogP contribution in [0.1, 0.15) is 41.6 Å². The number of hydrogen-bond donors (Lipinski definition) is 7. The van der Waals surface area contributed by atoms with E-state index in [1.165, 1.54) is 17.0 Å². The van der Waals surface area contributed by atoms with Gasteiger partial charge in [0.25, 0.3) is 5.91 Å². The highest BCUT2D eigenvalue weighted by molar-refractivity contribution is 6.25. The smallest absolute Gasteiger partial charge is 0.303 e. The summed E-state index contributed by atoms with van der Waals surface area (Å²) in [4.78, 5) is 63.3. The molecule has 3 aliphatic rings. The number of aliphatic hydroxyl groups is 3. The number of aromatic hydroxyl groups is 1. The van der Waals surface area contributed by atoms with E-state index in [4.69, 9.17) is 10.8 Å². The summed E-state index contributed by atoms with van der Waals surface area (Å²) in [6.45, 7) is 0. The zero-order chi connectivity index (χ0) is 29.0. The van der Waals surface area contributed by atoms with Crippen molar-refractivity contribution in [1.82, 2.24) is 4.90 Å². The highest BCUT2D eigenvalue weighted by Crippen LogP contribution is 2.52. The van der Waals surface area contributed by atoms with Crippen LogP contribution in [0.2, 0.25) is 0 Å². The number of hydrogen-bond acceptors (Lipinski definition) is 10. The van der Waals surface area contributed by atoms with Gasteiger partial charge in [-0.25, -0.2) is 0 Å². The number of anilines is 1. The Morgan fingerprint density at radius 1 is 1.13 bits per heavy atom. The number of rotatable bonds is 7. The molecule has 0 aliphatic heterocycles. The Labute approximate surface area is 222 Å². The molecule has 0 saturated heterocycles. The second kappa shape index (κ2) is 9.82. The molecule has 13 nitrogen and oxygen atoms in total. The van der Waals surface area contributed by atoms with E-state index in [9.17, 15) is 44.4 Å². The maximum absolute atomic E-state index is 13.6. The normalized spacial score (nSPS) is 26.2. The van der Waals surface area contributed by atoms with Crippen LogP contribution in [0.5, 0.6) is 5.75 Å². The fraction of sp³-hybridized carbons (Fsp3) is 0.423. The van der Waals surface area contributed by atoms with Crippen LogP contribution in [-0.4, -0.2) is 85.5 Å². The monoisotopic (exact) mass is 543 g/mol. The largest absolute Gasteiger partial charge is 0.510 e. The summed E-state index contributed by atoms with van der Waals surface area (Å²) < 4.78 is 0. The maximum Gasteiger partial charge on any atom is 0.303 e. The number of Topliss-reactive ketones (excluding diaryl/α,β-unsaturated/α-hetero) is 2. The summed E-state index contributed by atoms with van der Waals surface area (Å²) in [5.74, 6) is -9.20. The van der Waals surface area contributed by atoms with Crippen molar-refractivity contribution in [2.75, 3.05) is 19.4 Å². The van der Waals surface area contributed by atoms with Gasteiger partial charge in [-0.2, -0.15) is 0 Å². The quantitative estimate of drug-likeness (QED) is 0.183. The molecule has 208 valence electrons. The molecule has 2 amide bonds. The van der Waals surface area contributed by atoms with E-state index >= 15 is 0 Å². The lowest BCUT2D eigenvalue weighted by atomic mass is 9.58. The first-order chi connectivity index (χ1) is 18.2. The van der Waals surface area contributed by atoms with Gasteiger partial charge in [-0.1, -0.05) is 6.07 Å². The molecule has 1 aromatic rings. The molecule has 0 unspecified atom stereocenters. The summed E-state index contributed by atoms with van der Waals surface area (Å²) in [6, 6.07) is 1.83. The van der Waals surface area contributed by atoms with Gasteiger partial charge in [-0.3, -0.25) is 28.9 Å². The predicted molar refractivity (Wildman–Crippen MR) is 134 cm³/mol. The zero-order valence-corrected chi connectivity index (χ0v) is 21.2. The number of nitrogens with one attached hydrogen (secondary N) is 1. The van der Waals surface area contributed by atoms with E-state index < -0.39 is 75.7 Å². The molecule has 3 aliphatic carbocycles. The van der Waals surface area contributed by atoms with Gasteiger partial charge in [-0.05, 0) is 50.9 Å². The van der Waals surface area contributed by atoms with Crippen LogP contribution in [0.3, 0.4) is 0 Å². The van der Waals surface area contributed by atoms with Gasteiger partial charge in [0.2, 0.25) is 11.7 Å². The van der Waals surface area contributed by atoms with Crippen molar-refractivity contribution < 1.29 is 49.5 Å². The molecule has 0 heterocycles. The number of likely N-dealkylation sites (N-methyl/N-ethyl adjacent to an activating group) is 1. The Balaban J connectivity index is 1.76. The van der Waals surface area contributed by atoms with Crippen molar-refractivity contribution in [3.05, 3.63) is 45.9 Å². The summed E-state index contributed by atoms with van der Waals surface area (Å²) in [5.41, 5.74) is 1.42. The number of phenolic OH excluding ortho intramolecular Hbond substituents is 1. The van der Waals surface area contributed by atoms with Gasteiger partial charge >= 0.3 is 5.97 Å². The van der Waals surface area contributed by atoms with Crippen molar-refractivity contribution in [2.24, 2.45) is 17.6 Å². The molecule has 0 radical (unpaired) electrons. The number of benzene rings is 1. The molecule has 0 bridgehead atoms. The lowest BCUT2D eigenvalue weighted by Gasteiger charge is -2.50. The Kier molecular flexibility index (Phi) is 7.00. The number of nitrogens with two attached hydrogens (primary N) is 1. The topological polar surface area (TPSA) is 228 Å². The van der Waals surface area contributed by atoms with Crippen LogP contribution in [0.25, 0.3) is 0 Å². The molecule has 8 N–H and O–H groups in total. The minimum atomic E-state index is -2.74. The third kappa shape index (κ3) is 4.33. The zero-order valence-electron chi connectivity index (χ0n) is 21.2. The minimum Gasteiger partial charge on any atom is -0.510 e. The third-order valence-electron chi connectivity index (χ3n) is 7.66. The number of ketones is 2. The fourth-order valence-electron chi connectivity index (χ4n) is 5.94. The number of carbonyl (C=O) groups is 5. The molecule has 0 spiro atoms. The van der Waals surface area contributed by atoms with Crippen molar-refractivity contribution in [2.45, 2.75) is 43.7 Å². The molecule has 13 heteroatoms. The molecule has 4 rings (SSSR count). The first-order valence-corrected chi connectivity index (χ1v) is 12.2. The lowest BCUT2D eigenvalue weighted by Crippen LogP contribution is -2.63. The standard InChI is InChI=1S/C26H29N3O10/c1-29(2)19-12-9-11-8-10-6-7-13(28-14(30)4-3-5-15(31)32)20(33)16(10)21(34)17(11)23(36)26(12,39)24(37)18(22(19)35)25(27)38/h6-7,11-12,19,33,35-36,39H,3-5,8-9H2,1-2H3,(H2,27,38)(H,28,30)(H,31,32)/t11-,12-,19+,26-/m0/s1. The van der Waals surface area contributed by atoms with E-state index in [0.717, 1.165) is 0 Å². The van der Waals surface area contributed by atoms with E-state index in [-0.39, 0.29) is 48.9 Å². The second-order valence-corrected chi connectivity index (χ2v) is 10.3. The molecule has 39 heavy (non-hydrogen) atoms. The Hall–Kier alpha value is -4.23. The highest BCUT2D eigenvalue weighted by Gasteiger charge is 2.63. The number of phenols is 1. The molecule has 0 saturated carbocycles. The Morgan fingerprint density at radius 3 is 2.38 bits per heavy atom. The van der Waals surface area contributed by atoms with Crippen LogP contribution in [-0.2, 0) is 25.6 Å². The lowest BCUT2D eigenvalue weighted by molar-refractivity contribution is -0.148. The number of fused-ring (bicyclic) bond motifs is 3. The van der Waals surface area contributed by atoms with E-state index in [2.05, 4.69) is 5.32 Å². The molecule has 0 aromatic heterocycles. The number of allylic oxidation sites excluding steroid dienone is 1. The number of carboxylic acid groups (broad SMARTS) is 1. The number of primary amides is 1. The average Bonchev–Trinajstić information content (AvgIpc) is 2.82. The van der Waals surface area contributed by atoms with Crippen LogP contribution in [0, 0.1) is 11.8 Å². The third-order valence-corrected chi connectivity index (χ3v) is 7.66. The first-order valence-electron chi connectivity index (χ1n) is 12.2. The van der Waals surface area contributed by atoms with Gasteiger partial charge in [0.15, 0.2) is 17.1 Å². The van der Waals surface area contributed by atoms with Crippen molar-refractivity contribution >= 4 is 35.0 Å². The summed E-state index contributed by atoms with van der Waals surface area (Å²) >= 11 is 0. The van der Waals surface area contributed by atoms with Crippen LogP contribution >= 0.6 is 0 Å². The predicted octanol–water partition coefficient (Wildman–Crippen LogP) is 0.314. The molecule has 0 fully saturated rings. The number of carboxylic acids is 1. The summed E-state index contributed by atoms with van der Waals surface area (Å²) in [7, 11) is 3.09. The second-order valence-electron chi connectivity index (χ2n) is 10.3. The molecular weight excluding hydrogens is 514 g/mol. The Bertz CT molecular complexity index is 1380. The van der Waals surface area contributed by atoms with Gasteiger partial charge in [0.1, 0.15) is 17.1 Å². The average molecular weight is 544 g/mol. The number of aliphatic carboxylic acids is 1. The fourth-order valence-corrected chi connectivity index (χ4v) is 5.94. The van der Waals surface area contributed by atoms with Crippen molar-refractivity contribution in [3.63, 3.8) is 0 Å². The van der Waals surface area contributed by atoms with E-state index in [1.807, 2.05) is 0 Å². The molecule has 1 aromatic carbocycles. The summed E-state index contributed by atoms with van der Waals surface area (Å²) in [6.07, 6.45) is -0.216. The van der Waals surface area contributed by atoms with Crippen LogP contribution in [0.4, 0.5) is 5.69 Å². The van der Waals surface area contributed by atoms with Gasteiger partial charge in [0, 0.05) is 24.3 Å². The number of amides is 2. The molecule has 4 atom stereocenters. The van der Waals surface area contributed by atoms with Crippen molar-refractivity contribution in [1.29, 1.82) is 0 Å². The number of aliphatic hydroxyl groups excluding tert-OH is 2. The van der Waals surface area contributed by atoms with Crippen molar-refractivity contribution in [3.8, 4) is 5.75 Å². The SMILES string of the molecule is CN(C)[C@H]1C(O)=C(C(N)=O)C(=O)[C@@]2(O)C(O)=C3C(=O)c4c(ccc(NC(=O)CCCC(=O)O)c4O)C[C@H]3C[C@@H]12. The number of nitrogens with zero attached hydrogens (tertiary/aromatic N) is 1. The van der Waals surface area contributed by atoms with Crippen LogP contribution in [0.15, 0.2) is 34.8 Å². The highest BCUT2D eigenvalue weighted by atomic mass is 16.4. The van der Waals surface area contributed by atoms with Gasteiger partial charge < -0.3 is 36.6 Å². The first kappa shape index (κ1) is 27.8. The maximum atomic E-state index is 13.6.